The van der Waals surface area contributed by atoms with E-state index in [0.29, 0.717) is 25.6 Å². The van der Waals surface area contributed by atoms with Gasteiger partial charge in [0.05, 0.1) is 6.61 Å². The highest BCUT2D eigenvalue weighted by molar-refractivity contribution is 5.97. The number of likely N-dealkylation sites (N-methyl/N-ethyl adjacent to an activating group) is 1. The highest BCUT2D eigenvalue weighted by Gasteiger charge is 2.25. The molecule has 1 aliphatic rings. The third-order valence-corrected chi connectivity index (χ3v) is 4.42. The van der Waals surface area contributed by atoms with Crippen LogP contribution >= 0.6 is 0 Å². The Morgan fingerprint density at radius 2 is 2.04 bits per heavy atom. The maximum atomic E-state index is 12.5. The van der Waals surface area contributed by atoms with Gasteiger partial charge < -0.3 is 14.9 Å². The maximum Gasteiger partial charge on any atom is 0.266 e. The fourth-order valence-electron chi connectivity index (χ4n) is 3.03. The molecule has 0 bridgehead atoms. The molecule has 0 spiro atoms. The number of carbonyl (C=O) groups is 1. The second kappa shape index (κ2) is 9.09. The first-order chi connectivity index (χ1) is 11.6. The molecule has 1 fully saturated rings. The van der Waals surface area contributed by atoms with Crippen molar-refractivity contribution in [3.63, 3.8) is 0 Å². The smallest absolute Gasteiger partial charge is 0.266 e. The predicted molar refractivity (Wildman–Crippen MR) is 92.9 cm³/mol. The van der Waals surface area contributed by atoms with Crippen LogP contribution in [0.1, 0.15) is 18.4 Å². The minimum absolute atomic E-state index is 0.00915. The Morgan fingerprint density at radius 1 is 1.38 bits per heavy atom. The van der Waals surface area contributed by atoms with Gasteiger partial charge >= 0.3 is 0 Å². The summed E-state index contributed by atoms with van der Waals surface area (Å²) in [7, 11) is 1.74. The van der Waals surface area contributed by atoms with Crippen molar-refractivity contribution in [2.75, 3.05) is 33.3 Å². The Morgan fingerprint density at radius 3 is 2.62 bits per heavy atom. The van der Waals surface area contributed by atoms with Crippen LogP contribution in [-0.4, -0.2) is 54.1 Å². The van der Waals surface area contributed by atoms with Gasteiger partial charge in [-0.3, -0.25) is 4.79 Å². The molecule has 1 heterocycles. The molecule has 0 aliphatic carbocycles. The van der Waals surface area contributed by atoms with E-state index in [-0.39, 0.29) is 18.1 Å². The van der Waals surface area contributed by atoms with E-state index in [1.54, 1.807) is 16.8 Å². The van der Waals surface area contributed by atoms with Gasteiger partial charge in [-0.05, 0) is 30.7 Å². The van der Waals surface area contributed by atoms with E-state index < -0.39 is 0 Å². The number of carbonyl (C=O) groups excluding carboxylic acids is 1. The van der Waals surface area contributed by atoms with Gasteiger partial charge in [0.15, 0.2) is 0 Å². The van der Waals surface area contributed by atoms with Gasteiger partial charge in [0, 0.05) is 32.9 Å². The van der Waals surface area contributed by atoms with E-state index in [1.165, 1.54) is 11.8 Å². The van der Waals surface area contributed by atoms with Crippen molar-refractivity contribution in [1.82, 2.24) is 9.80 Å². The summed E-state index contributed by atoms with van der Waals surface area (Å²) in [6.07, 6.45) is 4.50. The summed E-state index contributed by atoms with van der Waals surface area (Å²) >= 11 is 0. The molecule has 1 aliphatic heterocycles. The largest absolute Gasteiger partial charge is 0.395 e. The molecule has 0 saturated carbocycles. The molecule has 2 rings (SSSR count). The van der Waals surface area contributed by atoms with Crippen LogP contribution < -0.4 is 0 Å². The summed E-state index contributed by atoms with van der Waals surface area (Å²) in [5.74, 6) is 0.378. The fourth-order valence-corrected chi connectivity index (χ4v) is 3.03. The number of aliphatic hydroxyl groups is 1. The second-order valence-electron chi connectivity index (χ2n) is 6.28. The van der Waals surface area contributed by atoms with Crippen LogP contribution in [-0.2, 0) is 11.2 Å². The monoisotopic (exact) mass is 327 g/mol. The summed E-state index contributed by atoms with van der Waals surface area (Å²) in [6, 6.07) is 12.4. The maximum absolute atomic E-state index is 12.5. The Balaban J connectivity index is 1.89. The van der Waals surface area contributed by atoms with Gasteiger partial charge in [-0.1, -0.05) is 30.3 Å². The average Bonchev–Trinajstić information content (AvgIpc) is 2.61. The number of benzene rings is 1. The van der Waals surface area contributed by atoms with E-state index in [0.717, 1.165) is 19.3 Å². The molecule has 0 atom stereocenters. The molecule has 0 aromatic heterocycles. The van der Waals surface area contributed by atoms with Crippen LogP contribution in [0, 0.1) is 17.2 Å². The molecular formula is C19H25N3O2. The zero-order valence-electron chi connectivity index (χ0n) is 14.2. The second-order valence-corrected chi connectivity index (χ2v) is 6.28. The lowest BCUT2D eigenvalue weighted by Crippen LogP contribution is -2.39. The Hall–Kier alpha value is -2.32. The molecule has 128 valence electrons. The molecule has 1 aromatic rings. The third kappa shape index (κ3) is 5.10. The molecule has 5 nitrogen and oxygen atoms in total. The van der Waals surface area contributed by atoms with E-state index in [1.807, 2.05) is 12.1 Å². The average molecular weight is 327 g/mol. The quantitative estimate of drug-likeness (QED) is 0.639. The summed E-state index contributed by atoms with van der Waals surface area (Å²) in [5, 5.41) is 18.1. The minimum atomic E-state index is -0.208. The lowest BCUT2D eigenvalue weighted by Gasteiger charge is -2.32. The molecule has 1 saturated heterocycles. The van der Waals surface area contributed by atoms with E-state index >= 15 is 0 Å². The van der Waals surface area contributed by atoms with Crippen molar-refractivity contribution in [1.29, 1.82) is 5.26 Å². The summed E-state index contributed by atoms with van der Waals surface area (Å²) in [4.78, 5) is 15.9. The summed E-state index contributed by atoms with van der Waals surface area (Å²) in [6.45, 7) is 1.78. The standard InChI is InChI=1S/C19H25N3O2/c1-21(11-12-23)15-18(14-20)19(24)22-9-7-17(8-10-22)13-16-5-3-2-4-6-16/h2-6,15,17,23H,7-13H2,1H3/b18-15-. The topological polar surface area (TPSA) is 67.6 Å². The van der Waals surface area contributed by atoms with Crippen molar-refractivity contribution in [3.05, 3.63) is 47.7 Å². The van der Waals surface area contributed by atoms with Crippen molar-refractivity contribution in [2.45, 2.75) is 19.3 Å². The highest BCUT2D eigenvalue weighted by atomic mass is 16.3. The van der Waals surface area contributed by atoms with Crippen LogP contribution in [0.2, 0.25) is 0 Å². The molecule has 0 unspecified atom stereocenters. The molecule has 0 radical (unpaired) electrons. The number of amides is 1. The first kappa shape index (κ1) is 18.0. The number of likely N-dealkylation sites (tertiary alicyclic amines) is 1. The lowest BCUT2D eigenvalue weighted by molar-refractivity contribution is -0.128. The van der Waals surface area contributed by atoms with Crippen molar-refractivity contribution in [2.24, 2.45) is 5.92 Å². The van der Waals surface area contributed by atoms with Gasteiger partial charge in [0.1, 0.15) is 11.6 Å². The molecule has 24 heavy (non-hydrogen) atoms. The number of nitrogens with zero attached hydrogens (tertiary/aromatic N) is 3. The van der Waals surface area contributed by atoms with Gasteiger partial charge in [-0.15, -0.1) is 0 Å². The molecular weight excluding hydrogens is 302 g/mol. The van der Waals surface area contributed by atoms with Crippen molar-refractivity contribution in [3.8, 4) is 6.07 Å². The molecule has 1 aromatic carbocycles. The SMILES string of the molecule is CN(/C=C(/C#N)C(=O)N1CCC(Cc2ccccc2)CC1)CCO. The number of hydrogen-bond donors (Lipinski definition) is 1. The summed E-state index contributed by atoms with van der Waals surface area (Å²) < 4.78 is 0. The van der Waals surface area contributed by atoms with Crippen LogP contribution in [0.5, 0.6) is 0 Å². The van der Waals surface area contributed by atoms with Crippen LogP contribution in [0.15, 0.2) is 42.1 Å². The van der Waals surface area contributed by atoms with Crippen molar-refractivity contribution < 1.29 is 9.90 Å². The normalized spacial score (nSPS) is 15.9. The third-order valence-electron chi connectivity index (χ3n) is 4.42. The van der Waals surface area contributed by atoms with Gasteiger partial charge in [0.25, 0.3) is 5.91 Å². The van der Waals surface area contributed by atoms with Crippen LogP contribution in [0.4, 0.5) is 0 Å². The van der Waals surface area contributed by atoms with E-state index in [2.05, 4.69) is 24.3 Å². The lowest BCUT2D eigenvalue weighted by atomic mass is 9.90. The van der Waals surface area contributed by atoms with Gasteiger partial charge in [-0.25, -0.2) is 0 Å². The van der Waals surface area contributed by atoms with Crippen LogP contribution in [0.25, 0.3) is 0 Å². The first-order valence-electron chi connectivity index (χ1n) is 8.40. The molecule has 1 N–H and O–H groups in total. The minimum Gasteiger partial charge on any atom is -0.395 e. The molecule has 1 amide bonds. The van der Waals surface area contributed by atoms with Gasteiger partial charge in [0.2, 0.25) is 0 Å². The van der Waals surface area contributed by atoms with E-state index in [9.17, 15) is 10.1 Å². The Labute approximate surface area is 143 Å². The van der Waals surface area contributed by atoms with E-state index in [4.69, 9.17) is 5.11 Å². The number of piperidine rings is 1. The number of rotatable bonds is 6. The Bertz CT molecular complexity index is 599. The van der Waals surface area contributed by atoms with Crippen molar-refractivity contribution >= 4 is 5.91 Å². The van der Waals surface area contributed by atoms with Gasteiger partial charge in [-0.2, -0.15) is 5.26 Å². The number of nitriles is 1. The summed E-state index contributed by atoms with van der Waals surface area (Å²) in [5.41, 5.74) is 1.47. The predicted octanol–water partition coefficient (Wildman–Crippen LogP) is 1.80. The van der Waals surface area contributed by atoms with Crippen LogP contribution in [0.3, 0.4) is 0 Å². The Kier molecular flexibility index (Phi) is 6.83. The fraction of sp³-hybridized carbons (Fsp3) is 0.474. The number of hydrogen-bond acceptors (Lipinski definition) is 4. The first-order valence-corrected chi connectivity index (χ1v) is 8.40. The number of aliphatic hydroxyl groups excluding tert-OH is 1. The molecule has 5 heteroatoms. The zero-order valence-corrected chi connectivity index (χ0v) is 14.2. The highest BCUT2D eigenvalue weighted by Crippen LogP contribution is 2.22. The zero-order chi connectivity index (χ0) is 17.4.